The highest BCUT2D eigenvalue weighted by Gasteiger charge is 2.12. The fourth-order valence-electron chi connectivity index (χ4n) is 1.30. The van der Waals surface area contributed by atoms with Gasteiger partial charge in [0.2, 0.25) is 5.91 Å². The van der Waals surface area contributed by atoms with Crippen LogP contribution in [-0.4, -0.2) is 41.8 Å². The lowest BCUT2D eigenvalue weighted by Crippen LogP contribution is -2.35. The van der Waals surface area contributed by atoms with Crippen molar-refractivity contribution in [2.24, 2.45) is 0 Å². The van der Waals surface area contributed by atoms with E-state index in [1.165, 1.54) is 25.3 Å². The van der Waals surface area contributed by atoms with Crippen molar-refractivity contribution < 1.29 is 28.9 Å². The maximum absolute atomic E-state index is 13.4. The Hall–Kier alpha value is -2.41. The van der Waals surface area contributed by atoms with Crippen molar-refractivity contribution in [1.29, 1.82) is 0 Å². The van der Waals surface area contributed by atoms with Crippen molar-refractivity contribution in [3.63, 3.8) is 0 Å². The van der Waals surface area contributed by atoms with Gasteiger partial charge in [0.1, 0.15) is 0 Å². The number of halogens is 1. The topological polar surface area (TPSA) is 95.9 Å². The van der Waals surface area contributed by atoms with Gasteiger partial charge in [0, 0.05) is 6.08 Å². The van der Waals surface area contributed by atoms with Crippen molar-refractivity contribution in [3.8, 4) is 5.75 Å². The average molecular weight is 283 g/mol. The number of carbonyl (C=O) groups is 2. The number of rotatable bonds is 6. The largest absolute Gasteiger partial charge is 0.494 e. The van der Waals surface area contributed by atoms with Gasteiger partial charge >= 0.3 is 5.97 Å². The number of hydrogen-bond donors (Lipinski definition) is 3. The highest BCUT2D eigenvalue weighted by molar-refractivity contribution is 5.92. The van der Waals surface area contributed by atoms with E-state index < -0.39 is 30.3 Å². The number of carboxylic acids is 1. The molecular formula is C13H14FNO5. The Morgan fingerprint density at radius 1 is 1.50 bits per heavy atom. The molecule has 6 nitrogen and oxygen atoms in total. The van der Waals surface area contributed by atoms with Crippen LogP contribution in [0.1, 0.15) is 5.56 Å². The fraction of sp³-hybridized carbons (Fsp3) is 0.231. The number of benzene rings is 1. The van der Waals surface area contributed by atoms with Crippen LogP contribution in [0.4, 0.5) is 4.39 Å². The third-order valence-corrected chi connectivity index (χ3v) is 2.36. The van der Waals surface area contributed by atoms with Gasteiger partial charge in [-0.05, 0) is 23.8 Å². The summed E-state index contributed by atoms with van der Waals surface area (Å²) in [7, 11) is 1.34. The number of ether oxygens (including phenoxy) is 1. The number of methoxy groups -OCH3 is 1. The van der Waals surface area contributed by atoms with E-state index >= 15 is 0 Å². The first-order valence-corrected chi connectivity index (χ1v) is 5.64. The Bertz CT molecular complexity index is 529. The molecule has 1 atom stereocenters. The zero-order valence-corrected chi connectivity index (χ0v) is 10.7. The number of nitrogens with one attached hydrogen (secondary N) is 1. The molecule has 0 aliphatic rings. The Balaban J connectivity index is 2.57. The second kappa shape index (κ2) is 7.25. The predicted molar refractivity (Wildman–Crippen MR) is 68.6 cm³/mol. The maximum atomic E-state index is 13.4. The lowest BCUT2D eigenvalue weighted by atomic mass is 10.2. The van der Waals surface area contributed by atoms with E-state index in [-0.39, 0.29) is 5.75 Å². The minimum atomic E-state index is -1.66. The molecule has 0 saturated carbocycles. The van der Waals surface area contributed by atoms with Crippen LogP contribution in [0.3, 0.4) is 0 Å². The van der Waals surface area contributed by atoms with Crippen LogP contribution in [0, 0.1) is 5.82 Å². The first-order valence-electron chi connectivity index (χ1n) is 5.64. The van der Waals surface area contributed by atoms with Crippen molar-refractivity contribution in [2.45, 2.75) is 6.10 Å². The van der Waals surface area contributed by atoms with Crippen LogP contribution in [0.5, 0.6) is 5.75 Å². The lowest BCUT2D eigenvalue weighted by molar-refractivity contribution is -0.146. The SMILES string of the molecule is COc1ccc(/C=C/C(=O)NC[C@H](O)C(=O)O)cc1F. The summed E-state index contributed by atoms with van der Waals surface area (Å²) in [5.74, 6) is -2.49. The monoisotopic (exact) mass is 283 g/mol. The van der Waals surface area contributed by atoms with Gasteiger partial charge in [0.25, 0.3) is 0 Å². The molecule has 0 bridgehead atoms. The summed E-state index contributed by atoms with van der Waals surface area (Å²) < 4.78 is 18.1. The minimum absolute atomic E-state index is 0.0937. The van der Waals surface area contributed by atoms with Gasteiger partial charge in [-0.15, -0.1) is 0 Å². The second-order valence-corrected chi connectivity index (χ2v) is 3.83. The smallest absolute Gasteiger partial charge is 0.334 e. The zero-order chi connectivity index (χ0) is 15.1. The molecule has 0 aliphatic heterocycles. The van der Waals surface area contributed by atoms with E-state index in [0.717, 1.165) is 6.08 Å². The van der Waals surface area contributed by atoms with E-state index in [1.54, 1.807) is 6.07 Å². The highest BCUT2D eigenvalue weighted by Crippen LogP contribution is 2.18. The Morgan fingerprint density at radius 3 is 2.75 bits per heavy atom. The standard InChI is InChI=1S/C13H14FNO5/c1-20-11-4-2-8(6-9(11)14)3-5-12(17)15-7-10(16)13(18)19/h2-6,10,16H,7H2,1H3,(H,15,17)(H,18,19)/b5-3+/t10-/m0/s1. The van der Waals surface area contributed by atoms with Gasteiger partial charge in [0.05, 0.1) is 13.7 Å². The van der Waals surface area contributed by atoms with E-state index in [1.807, 2.05) is 0 Å². The van der Waals surface area contributed by atoms with Crippen LogP contribution in [0.25, 0.3) is 6.08 Å². The van der Waals surface area contributed by atoms with Gasteiger partial charge in [0.15, 0.2) is 17.7 Å². The molecule has 0 unspecified atom stereocenters. The van der Waals surface area contributed by atoms with E-state index in [4.69, 9.17) is 14.9 Å². The number of aliphatic hydroxyl groups is 1. The summed E-state index contributed by atoms with van der Waals surface area (Å²) >= 11 is 0. The average Bonchev–Trinajstić information content (AvgIpc) is 2.42. The lowest BCUT2D eigenvalue weighted by Gasteiger charge is -2.05. The molecule has 0 aliphatic carbocycles. The number of carboxylic acid groups (broad SMARTS) is 1. The Labute approximate surface area is 114 Å². The van der Waals surface area contributed by atoms with Crippen LogP contribution in [0.15, 0.2) is 24.3 Å². The molecule has 1 rings (SSSR count). The Morgan fingerprint density at radius 2 is 2.20 bits per heavy atom. The normalized spacial score (nSPS) is 12.2. The molecule has 108 valence electrons. The summed E-state index contributed by atoms with van der Waals surface area (Å²) in [5, 5.41) is 19.6. The number of hydrogen-bond acceptors (Lipinski definition) is 4. The first-order chi connectivity index (χ1) is 9.43. The molecule has 1 amide bonds. The number of carbonyl (C=O) groups excluding carboxylic acids is 1. The molecule has 3 N–H and O–H groups in total. The maximum Gasteiger partial charge on any atom is 0.334 e. The van der Waals surface area contributed by atoms with Crippen LogP contribution < -0.4 is 10.1 Å². The third kappa shape index (κ3) is 4.69. The Kier molecular flexibility index (Phi) is 5.67. The second-order valence-electron chi connectivity index (χ2n) is 3.83. The van der Waals surface area contributed by atoms with E-state index in [2.05, 4.69) is 5.32 Å². The molecule has 0 saturated heterocycles. The van der Waals surface area contributed by atoms with Gasteiger partial charge < -0.3 is 20.3 Å². The molecule has 1 aromatic carbocycles. The molecule has 1 aromatic rings. The minimum Gasteiger partial charge on any atom is -0.494 e. The number of amides is 1. The van der Waals surface area contributed by atoms with Crippen molar-refractivity contribution >= 4 is 18.0 Å². The van der Waals surface area contributed by atoms with Gasteiger partial charge in [-0.2, -0.15) is 0 Å². The van der Waals surface area contributed by atoms with Gasteiger partial charge in [-0.1, -0.05) is 6.07 Å². The predicted octanol–water partition coefficient (Wildman–Crippen LogP) is 0.409. The molecule has 0 aromatic heterocycles. The van der Waals surface area contributed by atoms with Gasteiger partial charge in [-0.25, -0.2) is 9.18 Å². The van der Waals surface area contributed by atoms with E-state index in [0.29, 0.717) is 5.56 Å². The molecular weight excluding hydrogens is 269 g/mol. The summed E-state index contributed by atoms with van der Waals surface area (Å²) in [6.45, 7) is -0.407. The quantitative estimate of drug-likeness (QED) is 0.657. The van der Waals surface area contributed by atoms with Crippen molar-refractivity contribution in [3.05, 3.63) is 35.7 Å². The molecule has 0 spiro atoms. The molecule has 7 heteroatoms. The van der Waals surface area contributed by atoms with Crippen LogP contribution in [-0.2, 0) is 9.59 Å². The summed E-state index contributed by atoms with van der Waals surface area (Å²) in [6.07, 6.45) is 0.798. The van der Waals surface area contributed by atoms with E-state index in [9.17, 15) is 14.0 Å². The molecule has 20 heavy (non-hydrogen) atoms. The number of aliphatic carboxylic acids is 1. The zero-order valence-electron chi connectivity index (χ0n) is 10.7. The number of aliphatic hydroxyl groups excluding tert-OH is 1. The summed E-state index contributed by atoms with van der Waals surface area (Å²) in [6, 6.07) is 4.16. The third-order valence-electron chi connectivity index (χ3n) is 2.36. The van der Waals surface area contributed by atoms with Crippen molar-refractivity contribution in [2.75, 3.05) is 13.7 Å². The van der Waals surface area contributed by atoms with Crippen LogP contribution >= 0.6 is 0 Å². The molecule has 0 fully saturated rings. The van der Waals surface area contributed by atoms with Crippen molar-refractivity contribution in [1.82, 2.24) is 5.32 Å². The highest BCUT2D eigenvalue weighted by atomic mass is 19.1. The summed E-state index contributed by atoms with van der Waals surface area (Å²) in [5.41, 5.74) is 0.442. The van der Waals surface area contributed by atoms with Gasteiger partial charge in [-0.3, -0.25) is 4.79 Å². The fourth-order valence-corrected chi connectivity index (χ4v) is 1.30. The molecule has 0 heterocycles. The molecule has 0 radical (unpaired) electrons. The van der Waals surface area contributed by atoms with Crippen LogP contribution in [0.2, 0.25) is 0 Å². The summed E-state index contributed by atoms with van der Waals surface area (Å²) in [4.78, 5) is 21.6. The first kappa shape index (κ1) is 15.6.